The molecule has 0 amide bonds. The van der Waals surface area contributed by atoms with Crippen molar-refractivity contribution >= 4 is 34.6 Å². The van der Waals surface area contributed by atoms with E-state index in [1.807, 2.05) is 5.38 Å². The lowest BCUT2D eigenvalue weighted by Crippen LogP contribution is -1.99. The van der Waals surface area contributed by atoms with Crippen molar-refractivity contribution in [1.82, 2.24) is 4.98 Å². The molecule has 0 aliphatic carbocycles. The van der Waals surface area contributed by atoms with Gasteiger partial charge in [0, 0.05) is 22.5 Å². The number of Topliss-reactive ketones (excluding diaryl/α,β-unsaturated/α-hetero) is 1. The van der Waals surface area contributed by atoms with Gasteiger partial charge >= 0.3 is 0 Å². The zero-order chi connectivity index (χ0) is 13.1. The number of hydrogen-bond donors (Lipinski definition) is 0. The topological polar surface area (TPSA) is 73.1 Å². The molecule has 0 spiro atoms. The Bertz CT molecular complexity index is 596. The van der Waals surface area contributed by atoms with Crippen LogP contribution in [0.2, 0.25) is 0 Å². The van der Waals surface area contributed by atoms with E-state index in [9.17, 15) is 14.9 Å². The number of benzene rings is 1. The van der Waals surface area contributed by atoms with Crippen LogP contribution in [-0.4, -0.2) is 15.7 Å². The average Bonchev–Trinajstić information content (AvgIpc) is 2.81. The molecule has 0 aliphatic rings. The molecule has 0 unspecified atom stereocenters. The fourth-order valence-electron chi connectivity index (χ4n) is 1.39. The van der Waals surface area contributed by atoms with E-state index >= 15 is 0 Å². The van der Waals surface area contributed by atoms with E-state index in [0.717, 1.165) is 4.34 Å². The van der Waals surface area contributed by atoms with Gasteiger partial charge in [-0.2, -0.15) is 0 Å². The molecule has 7 heteroatoms. The minimum atomic E-state index is -0.539. The molecule has 5 nitrogen and oxygen atoms in total. The molecule has 0 radical (unpaired) electrons. The normalized spacial score (nSPS) is 10.3. The lowest BCUT2D eigenvalue weighted by Gasteiger charge is -2.02. The van der Waals surface area contributed by atoms with Gasteiger partial charge in [0.1, 0.15) is 0 Å². The van der Waals surface area contributed by atoms with Crippen LogP contribution >= 0.6 is 23.1 Å². The Labute approximate surface area is 111 Å². The summed E-state index contributed by atoms with van der Waals surface area (Å²) < 4.78 is 0.805. The van der Waals surface area contributed by atoms with Crippen LogP contribution in [0.3, 0.4) is 0 Å². The Kier molecular flexibility index (Phi) is 3.73. The second kappa shape index (κ2) is 5.28. The first-order chi connectivity index (χ1) is 8.58. The second-order valence-corrected chi connectivity index (χ2v) is 5.61. The highest BCUT2D eigenvalue weighted by atomic mass is 32.2. The Hall–Kier alpha value is -1.73. The molecule has 92 valence electrons. The third-order valence-electron chi connectivity index (χ3n) is 2.16. The summed E-state index contributed by atoms with van der Waals surface area (Å²) in [5, 5.41) is 12.7. The molecule has 2 aromatic rings. The molecule has 0 atom stereocenters. The fraction of sp³-hybridized carbons (Fsp3) is 0.0909. The van der Waals surface area contributed by atoms with Gasteiger partial charge in [-0.15, -0.1) is 11.3 Å². The summed E-state index contributed by atoms with van der Waals surface area (Å²) in [7, 11) is 0. The number of nitrogens with zero attached hydrogens (tertiary/aromatic N) is 2. The lowest BCUT2D eigenvalue weighted by atomic mass is 10.1. The Morgan fingerprint density at radius 3 is 2.83 bits per heavy atom. The van der Waals surface area contributed by atoms with Crippen LogP contribution in [0.15, 0.2) is 39.0 Å². The number of ketones is 1. The minimum absolute atomic E-state index is 0.128. The number of nitro groups is 1. The van der Waals surface area contributed by atoms with Crippen LogP contribution in [0.5, 0.6) is 0 Å². The summed E-state index contributed by atoms with van der Waals surface area (Å²) in [6.07, 6.45) is 1.67. The molecule has 0 fully saturated rings. The molecule has 0 saturated carbocycles. The maximum Gasteiger partial charge on any atom is 0.281 e. The maximum atomic E-state index is 11.3. The van der Waals surface area contributed by atoms with E-state index in [1.165, 1.54) is 42.2 Å². The summed E-state index contributed by atoms with van der Waals surface area (Å²) in [6.45, 7) is 1.32. The van der Waals surface area contributed by atoms with E-state index < -0.39 is 4.92 Å². The summed E-state index contributed by atoms with van der Waals surface area (Å²) in [5.74, 6) is -0.313. The SMILES string of the molecule is CC(=O)c1ccc(Sc2nccs2)cc1[N+](=O)[O-]. The highest BCUT2D eigenvalue weighted by Gasteiger charge is 2.18. The lowest BCUT2D eigenvalue weighted by molar-refractivity contribution is -0.385. The number of thiazole rings is 1. The third-order valence-corrected chi connectivity index (χ3v) is 4.03. The molecule has 1 heterocycles. The number of rotatable bonds is 4. The molecule has 1 aromatic carbocycles. The molecular weight excluding hydrogens is 272 g/mol. The number of aromatic nitrogens is 1. The minimum Gasteiger partial charge on any atom is -0.294 e. The van der Waals surface area contributed by atoms with Crippen LogP contribution in [0.1, 0.15) is 17.3 Å². The maximum absolute atomic E-state index is 11.3. The highest BCUT2D eigenvalue weighted by Crippen LogP contribution is 2.32. The number of carbonyl (C=O) groups is 1. The number of carbonyl (C=O) groups excluding carboxylic acids is 1. The Balaban J connectivity index is 2.37. The summed E-state index contributed by atoms with van der Waals surface area (Å²) in [5.41, 5.74) is -0.0347. The van der Waals surface area contributed by atoms with Gasteiger partial charge in [-0.1, -0.05) is 11.8 Å². The van der Waals surface area contributed by atoms with E-state index in [-0.39, 0.29) is 17.0 Å². The molecule has 1 aromatic heterocycles. The van der Waals surface area contributed by atoms with Crippen molar-refractivity contribution in [1.29, 1.82) is 0 Å². The third kappa shape index (κ3) is 2.74. The van der Waals surface area contributed by atoms with Crippen molar-refractivity contribution in [2.75, 3.05) is 0 Å². The summed E-state index contributed by atoms with van der Waals surface area (Å²) in [4.78, 5) is 26.4. The predicted molar refractivity (Wildman–Crippen MR) is 69.3 cm³/mol. The van der Waals surface area contributed by atoms with E-state index in [4.69, 9.17) is 0 Å². The molecule has 0 bridgehead atoms. The van der Waals surface area contributed by atoms with Gasteiger partial charge in [0.25, 0.3) is 5.69 Å². The standard InChI is InChI=1S/C11H8N2O3S2/c1-7(14)9-3-2-8(6-10(9)13(15)16)18-11-12-4-5-17-11/h2-6H,1H3. The summed E-state index contributed by atoms with van der Waals surface area (Å²) >= 11 is 2.80. The van der Waals surface area contributed by atoms with Crippen LogP contribution in [0.25, 0.3) is 0 Å². The molecular formula is C11H8N2O3S2. The van der Waals surface area contributed by atoms with E-state index in [0.29, 0.717) is 4.90 Å². The van der Waals surface area contributed by atoms with E-state index in [2.05, 4.69) is 4.98 Å². The van der Waals surface area contributed by atoms with Gasteiger partial charge in [0.2, 0.25) is 0 Å². The Morgan fingerprint density at radius 2 is 2.28 bits per heavy atom. The molecule has 0 saturated heterocycles. The van der Waals surface area contributed by atoms with Crippen molar-refractivity contribution < 1.29 is 9.72 Å². The smallest absolute Gasteiger partial charge is 0.281 e. The summed E-state index contributed by atoms with van der Waals surface area (Å²) in [6, 6.07) is 4.58. The van der Waals surface area contributed by atoms with Crippen molar-refractivity contribution in [3.8, 4) is 0 Å². The molecule has 2 rings (SSSR count). The van der Waals surface area contributed by atoms with Crippen molar-refractivity contribution in [2.24, 2.45) is 0 Å². The van der Waals surface area contributed by atoms with Gasteiger partial charge in [-0.25, -0.2) is 4.98 Å². The van der Waals surface area contributed by atoms with Crippen molar-refractivity contribution in [3.63, 3.8) is 0 Å². The number of nitro benzene ring substituents is 1. The predicted octanol–water partition coefficient (Wildman–Crippen LogP) is 3.41. The van der Waals surface area contributed by atoms with Gasteiger partial charge in [-0.05, 0) is 19.1 Å². The second-order valence-electron chi connectivity index (χ2n) is 3.39. The first-order valence-corrected chi connectivity index (χ1v) is 6.64. The van der Waals surface area contributed by atoms with E-state index in [1.54, 1.807) is 12.3 Å². The van der Waals surface area contributed by atoms with Gasteiger partial charge in [0.15, 0.2) is 10.1 Å². The van der Waals surface area contributed by atoms with Gasteiger partial charge in [0.05, 0.1) is 10.5 Å². The van der Waals surface area contributed by atoms with Crippen LogP contribution in [-0.2, 0) is 0 Å². The zero-order valence-corrected chi connectivity index (χ0v) is 11.0. The quantitative estimate of drug-likeness (QED) is 0.487. The monoisotopic (exact) mass is 280 g/mol. The van der Waals surface area contributed by atoms with Crippen molar-refractivity contribution in [2.45, 2.75) is 16.2 Å². The zero-order valence-electron chi connectivity index (χ0n) is 9.32. The van der Waals surface area contributed by atoms with Crippen LogP contribution in [0, 0.1) is 10.1 Å². The molecule has 18 heavy (non-hydrogen) atoms. The molecule has 0 aliphatic heterocycles. The van der Waals surface area contributed by atoms with Crippen molar-refractivity contribution in [3.05, 3.63) is 45.5 Å². The average molecular weight is 280 g/mol. The highest BCUT2D eigenvalue weighted by molar-refractivity contribution is 8.01. The van der Waals surface area contributed by atoms with Crippen LogP contribution < -0.4 is 0 Å². The largest absolute Gasteiger partial charge is 0.294 e. The van der Waals surface area contributed by atoms with Gasteiger partial charge in [-0.3, -0.25) is 14.9 Å². The number of hydrogen-bond acceptors (Lipinski definition) is 6. The van der Waals surface area contributed by atoms with Crippen LogP contribution in [0.4, 0.5) is 5.69 Å². The first kappa shape index (κ1) is 12.7. The van der Waals surface area contributed by atoms with Gasteiger partial charge < -0.3 is 0 Å². The molecule has 0 N–H and O–H groups in total. The Morgan fingerprint density at radius 1 is 1.50 bits per heavy atom. The first-order valence-electron chi connectivity index (χ1n) is 4.94. The fourth-order valence-corrected chi connectivity index (χ4v) is 3.01.